The van der Waals surface area contributed by atoms with E-state index in [9.17, 15) is 4.39 Å². The van der Waals surface area contributed by atoms with Gasteiger partial charge in [-0.25, -0.2) is 9.37 Å². The van der Waals surface area contributed by atoms with Gasteiger partial charge in [0.05, 0.1) is 23.2 Å². The Balaban J connectivity index is 1.71. The van der Waals surface area contributed by atoms with E-state index in [1.807, 2.05) is 18.2 Å². The second kappa shape index (κ2) is 5.93. The minimum Gasteiger partial charge on any atom is -0.491 e. The second-order valence-electron chi connectivity index (χ2n) is 5.37. The van der Waals surface area contributed by atoms with Crippen LogP contribution in [0.5, 0.6) is 5.75 Å². The number of benzene rings is 2. The Bertz CT molecular complexity index is 1010. The average molecular weight is 326 g/mol. The van der Waals surface area contributed by atoms with E-state index in [-0.39, 0.29) is 5.82 Å². The number of halogens is 1. The van der Waals surface area contributed by atoms with Crippen molar-refractivity contribution in [2.75, 3.05) is 20.3 Å². The SMILES string of the molecule is COCCOc1ccc2nc(-c3n[nH]c4cc(F)ccc34)[nH]c2c1. The van der Waals surface area contributed by atoms with Crippen molar-refractivity contribution in [1.82, 2.24) is 20.2 Å². The molecule has 0 spiro atoms. The molecule has 0 bridgehead atoms. The standard InChI is InChI=1S/C17H15FN4O2/c1-23-6-7-24-11-3-5-13-15(9-11)20-17(19-13)16-12-4-2-10(18)8-14(12)21-22-16/h2-5,8-9H,6-7H2,1H3,(H,19,20)(H,21,22). The van der Waals surface area contributed by atoms with Gasteiger partial charge in [-0.1, -0.05) is 0 Å². The number of imidazole rings is 1. The summed E-state index contributed by atoms with van der Waals surface area (Å²) in [5.74, 6) is 1.06. The molecule has 0 amide bonds. The first-order valence-corrected chi connectivity index (χ1v) is 7.50. The van der Waals surface area contributed by atoms with Gasteiger partial charge in [-0.05, 0) is 30.3 Å². The summed E-state index contributed by atoms with van der Waals surface area (Å²) in [4.78, 5) is 7.79. The first-order valence-electron chi connectivity index (χ1n) is 7.50. The molecular weight excluding hydrogens is 311 g/mol. The fourth-order valence-electron chi connectivity index (χ4n) is 2.61. The van der Waals surface area contributed by atoms with Crippen LogP contribution in [0.1, 0.15) is 0 Å². The maximum atomic E-state index is 13.3. The molecule has 7 heteroatoms. The second-order valence-corrected chi connectivity index (χ2v) is 5.37. The highest BCUT2D eigenvalue weighted by Gasteiger charge is 2.13. The summed E-state index contributed by atoms with van der Waals surface area (Å²) in [5, 5.41) is 7.89. The zero-order valence-electron chi connectivity index (χ0n) is 13.0. The number of methoxy groups -OCH3 is 1. The number of aromatic nitrogens is 4. The molecule has 0 atom stereocenters. The average Bonchev–Trinajstić information content (AvgIpc) is 3.17. The lowest BCUT2D eigenvalue weighted by Gasteiger charge is -2.04. The van der Waals surface area contributed by atoms with E-state index in [1.165, 1.54) is 12.1 Å². The van der Waals surface area contributed by atoms with Crippen molar-refractivity contribution in [3.8, 4) is 17.3 Å². The summed E-state index contributed by atoms with van der Waals surface area (Å²) in [6.07, 6.45) is 0. The lowest BCUT2D eigenvalue weighted by Crippen LogP contribution is -2.03. The summed E-state index contributed by atoms with van der Waals surface area (Å²) >= 11 is 0. The third kappa shape index (κ3) is 2.59. The van der Waals surface area contributed by atoms with Crippen molar-refractivity contribution in [3.05, 3.63) is 42.2 Å². The fourth-order valence-corrected chi connectivity index (χ4v) is 2.61. The van der Waals surface area contributed by atoms with E-state index in [0.29, 0.717) is 30.2 Å². The topological polar surface area (TPSA) is 75.8 Å². The van der Waals surface area contributed by atoms with Gasteiger partial charge in [0.1, 0.15) is 23.9 Å². The molecule has 0 radical (unpaired) electrons. The Morgan fingerprint density at radius 2 is 2.00 bits per heavy atom. The number of aromatic amines is 2. The Morgan fingerprint density at radius 3 is 2.88 bits per heavy atom. The van der Waals surface area contributed by atoms with Gasteiger partial charge in [-0.15, -0.1) is 0 Å². The predicted octanol–water partition coefficient (Wildman–Crippen LogP) is 3.27. The van der Waals surface area contributed by atoms with Crippen molar-refractivity contribution in [2.24, 2.45) is 0 Å². The molecule has 0 saturated carbocycles. The molecule has 0 unspecified atom stereocenters. The van der Waals surface area contributed by atoms with E-state index in [2.05, 4.69) is 20.2 Å². The van der Waals surface area contributed by atoms with E-state index in [4.69, 9.17) is 9.47 Å². The Kier molecular flexibility index (Phi) is 3.62. The summed E-state index contributed by atoms with van der Waals surface area (Å²) in [5.41, 5.74) is 2.94. The maximum absolute atomic E-state index is 13.3. The third-order valence-corrected chi connectivity index (χ3v) is 3.76. The number of rotatable bonds is 5. The summed E-state index contributed by atoms with van der Waals surface area (Å²) in [6, 6.07) is 10.1. The molecule has 2 N–H and O–H groups in total. The molecule has 6 nitrogen and oxygen atoms in total. The van der Waals surface area contributed by atoms with Gasteiger partial charge in [0.2, 0.25) is 0 Å². The van der Waals surface area contributed by atoms with Crippen LogP contribution in [0.25, 0.3) is 33.5 Å². The summed E-state index contributed by atoms with van der Waals surface area (Å²) in [7, 11) is 1.63. The van der Waals surface area contributed by atoms with Crippen molar-refractivity contribution in [3.63, 3.8) is 0 Å². The van der Waals surface area contributed by atoms with E-state index < -0.39 is 0 Å². The number of fused-ring (bicyclic) bond motifs is 2. The zero-order chi connectivity index (χ0) is 16.5. The molecular formula is C17H15FN4O2. The molecule has 0 aliphatic carbocycles. The van der Waals surface area contributed by atoms with Crippen LogP contribution in [-0.2, 0) is 4.74 Å². The van der Waals surface area contributed by atoms with E-state index >= 15 is 0 Å². The number of nitrogens with one attached hydrogen (secondary N) is 2. The molecule has 0 saturated heterocycles. The van der Waals surface area contributed by atoms with Crippen molar-refractivity contribution >= 4 is 21.9 Å². The highest BCUT2D eigenvalue weighted by atomic mass is 19.1. The molecule has 24 heavy (non-hydrogen) atoms. The molecule has 2 aromatic carbocycles. The summed E-state index contributed by atoms with van der Waals surface area (Å²) in [6.45, 7) is 1.01. The molecule has 0 aliphatic rings. The molecule has 2 aromatic heterocycles. The molecule has 2 heterocycles. The van der Waals surface area contributed by atoms with Gasteiger partial charge in [0.25, 0.3) is 0 Å². The minimum atomic E-state index is -0.305. The number of ether oxygens (including phenoxy) is 2. The number of H-pyrrole nitrogens is 2. The molecule has 122 valence electrons. The van der Waals surface area contributed by atoms with E-state index in [0.717, 1.165) is 22.2 Å². The highest BCUT2D eigenvalue weighted by molar-refractivity contribution is 5.93. The van der Waals surface area contributed by atoms with E-state index in [1.54, 1.807) is 13.2 Å². The van der Waals surface area contributed by atoms with Gasteiger partial charge in [-0.2, -0.15) is 5.10 Å². The van der Waals surface area contributed by atoms with Crippen LogP contribution >= 0.6 is 0 Å². The third-order valence-electron chi connectivity index (χ3n) is 3.76. The fraction of sp³-hybridized carbons (Fsp3) is 0.176. The number of hydrogen-bond donors (Lipinski definition) is 2. The van der Waals surface area contributed by atoms with Gasteiger partial charge in [0, 0.05) is 18.6 Å². The van der Waals surface area contributed by atoms with Gasteiger partial charge >= 0.3 is 0 Å². The Hall–Kier alpha value is -2.93. The van der Waals surface area contributed by atoms with Crippen LogP contribution in [0.15, 0.2) is 36.4 Å². The smallest absolute Gasteiger partial charge is 0.159 e. The van der Waals surface area contributed by atoms with Crippen LogP contribution in [-0.4, -0.2) is 40.5 Å². The largest absolute Gasteiger partial charge is 0.491 e. The zero-order valence-corrected chi connectivity index (χ0v) is 13.0. The number of nitrogens with zero attached hydrogens (tertiary/aromatic N) is 2. The van der Waals surface area contributed by atoms with Crippen molar-refractivity contribution < 1.29 is 13.9 Å². The predicted molar refractivity (Wildman–Crippen MR) is 88.5 cm³/mol. The van der Waals surface area contributed by atoms with Crippen LogP contribution < -0.4 is 4.74 Å². The lowest BCUT2D eigenvalue weighted by atomic mass is 10.2. The van der Waals surface area contributed by atoms with Crippen LogP contribution in [0.2, 0.25) is 0 Å². The highest BCUT2D eigenvalue weighted by Crippen LogP contribution is 2.27. The summed E-state index contributed by atoms with van der Waals surface area (Å²) < 4.78 is 23.9. The van der Waals surface area contributed by atoms with Crippen LogP contribution in [0.3, 0.4) is 0 Å². The van der Waals surface area contributed by atoms with Crippen molar-refractivity contribution in [2.45, 2.75) is 0 Å². The maximum Gasteiger partial charge on any atom is 0.159 e. The van der Waals surface area contributed by atoms with Gasteiger partial charge in [0.15, 0.2) is 5.82 Å². The van der Waals surface area contributed by atoms with Crippen LogP contribution in [0, 0.1) is 5.82 Å². The van der Waals surface area contributed by atoms with Crippen LogP contribution in [0.4, 0.5) is 4.39 Å². The van der Waals surface area contributed by atoms with Gasteiger partial charge < -0.3 is 14.5 Å². The van der Waals surface area contributed by atoms with Crippen molar-refractivity contribution in [1.29, 1.82) is 0 Å². The first-order chi connectivity index (χ1) is 11.7. The molecule has 4 aromatic rings. The first kappa shape index (κ1) is 14.6. The van der Waals surface area contributed by atoms with Gasteiger partial charge in [-0.3, -0.25) is 5.10 Å². The monoisotopic (exact) mass is 326 g/mol. The lowest BCUT2D eigenvalue weighted by molar-refractivity contribution is 0.146. The Morgan fingerprint density at radius 1 is 1.08 bits per heavy atom. The molecule has 0 fully saturated rings. The quantitative estimate of drug-likeness (QED) is 0.552. The number of hydrogen-bond acceptors (Lipinski definition) is 4. The normalized spacial score (nSPS) is 11.4. The minimum absolute atomic E-state index is 0.305. The molecule has 4 rings (SSSR count). The Labute approximate surface area is 136 Å². The molecule has 0 aliphatic heterocycles.